The van der Waals surface area contributed by atoms with Gasteiger partial charge < -0.3 is 31.9 Å². The zero-order valence-corrected chi connectivity index (χ0v) is 19.5. The van der Waals surface area contributed by atoms with Crippen LogP contribution in [0, 0.1) is 17.8 Å². The van der Waals surface area contributed by atoms with E-state index in [1.54, 1.807) is 0 Å². The number of halogens is 3. The number of hydrogen-bond acceptors (Lipinski definition) is 10. The third-order valence-electron chi connectivity index (χ3n) is 6.56. The number of rotatable bonds is 2. The van der Waals surface area contributed by atoms with Crippen molar-refractivity contribution in [3.63, 3.8) is 0 Å². The highest BCUT2D eigenvalue weighted by atomic mass is 35.5. The Hall–Kier alpha value is -2.93. The number of amides is 1. The number of fused-ring (bicyclic) bond motifs is 3. The van der Waals surface area contributed by atoms with Crippen molar-refractivity contribution in [2.45, 2.75) is 24.5 Å². The van der Waals surface area contributed by atoms with Crippen LogP contribution in [0.25, 0.3) is 5.76 Å². The molecule has 1 aromatic heterocycles. The van der Waals surface area contributed by atoms with Gasteiger partial charge in [0.05, 0.1) is 11.6 Å². The van der Waals surface area contributed by atoms with E-state index in [0.29, 0.717) is 0 Å². The summed E-state index contributed by atoms with van der Waals surface area (Å²) in [5, 5.41) is 43.1. The average molecular weight is 521 g/mol. The summed E-state index contributed by atoms with van der Waals surface area (Å²) in [5.41, 5.74) is 6.04. The van der Waals surface area contributed by atoms with Crippen LogP contribution in [0.2, 0.25) is 0 Å². The molecule has 3 aliphatic rings. The normalized spacial score (nSPS) is 28.0. The van der Waals surface area contributed by atoms with Gasteiger partial charge in [-0.3, -0.25) is 19.3 Å². The Labute approximate surface area is 204 Å². The number of anilines is 1. The van der Waals surface area contributed by atoms with Crippen LogP contribution in [0.1, 0.15) is 17.5 Å². The molecule has 0 radical (unpaired) electrons. The van der Waals surface area contributed by atoms with Crippen LogP contribution < -0.4 is 11.5 Å². The predicted molar refractivity (Wildman–Crippen MR) is 121 cm³/mol. The molecule has 0 saturated heterocycles. The fourth-order valence-electron chi connectivity index (χ4n) is 5.17. The predicted octanol–water partition coefficient (Wildman–Crippen LogP) is -0.0761. The number of carbonyl (C=O) groups excluding carboxylic acids is 3. The minimum Gasteiger partial charge on any atom is -0.508 e. The van der Waals surface area contributed by atoms with E-state index in [4.69, 9.17) is 11.5 Å². The van der Waals surface area contributed by atoms with Gasteiger partial charge in [-0.25, -0.2) is 0 Å². The number of ketones is 2. The van der Waals surface area contributed by atoms with Crippen LogP contribution in [-0.4, -0.2) is 73.5 Å². The summed E-state index contributed by atoms with van der Waals surface area (Å²) in [6.07, 6.45) is -0.336. The maximum absolute atomic E-state index is 14.5. The molecule has 0 aliphatic heterocycles. The van der Waals surface area contributed by atoms with Gasteiger partial charge in [0.25, 0.3) is 5.91 Å². The van der Waals surface area contributed by atoms with Crippen molar-refractivity contribution in [1.82, 2.24) is 9.88 Å². The summed E-state index contributed by atoms with van der Waals surface area (Å²) in [6.45, 7) is 0. The van der Waals surface area contributed by atoms with Crippen LogP contribution in [0.3, 0.4) is 0 Å². The molecule has 4 rings (SSSR count). The minimum atomic E-state index is -2.75. The molecule has 3 aliphatic carbocycles. The Bertz CT molecular complexity index is 1190. The van der Waals surface area contributed by atoms with Gasteiger partial charge in [0.1, 0.15) is 17.1 Å². The van der Waals surface area contributed by atoms with Gasteiger partial charge in [-0.2, -0.15) is 9.37 Å². The number of carbonyl (C=O) groups is 3. The van der Waals surface area contributed by atoms with Gasteiger partial charge >= 0.3 is 0 Å². The fraction of sp³-hybridized carbons (Fsp3) is 0.400. The molecule has 11 nitrogen and oxygen atoms in total. The first-order valence-electron chi connectivity index (χ1n) is 9.65. The summed E-state index contributed by atoms with van der Waals surface area (Å²) >= 11 is 0. The Balaban J connectivity index is 0.00000204. The summed E-state index contributed by atoms with van der Waals surface area (Å²) in [4.78, 5) is 43.1. The number of primary amides is 1. The summed E-state index contributed by atoms with van der Waals surface area (Å²) in [6, 6.07) is -1.21. The third-order valence-corrected chi connectivity index (χ3v) is 6.56. The van der Waals surface area contributed by atoms with Crippen LogP contribution in [0.5, 0.6) is 5.75 Å². The highest BCUT2D eigenvalue weighted by Crippen LogP contribution is 2.53. The van der Waals surface area contributed by atoms with Crippen molar-refractivity contribution in [1.29, 1.82) is 0 Å². The molecule has 34 heavy (non-hydrogen) atoms. The van der Waals surface area contributed by atoms with Crippen LogP contribution in [0.15, 0.2) is 16.9 Å². The molecule has 0 aromatic carbocycles. The van der Waals surface area contributed by atoms with Crippen molar-refractivity contribution in [3.8, 4) is 5.75 Å². The maximum Gasteiger partial charge on any atom is 0.255 e. The van der Waals surface area contributed by atoms with Gasteiger partial charge in [-0.15, -0.1) is 24.8 Å². The summed E-state index contributed by atoms with van der Waals surface area (Å²) < 4.78 is 14.5. The number of hydrogen-bond donors (Lipinski definition) is 6. The second-order valence-corrected chi connectivity index (χ2v) is 8.45. The summed E-state index contributed by atoms with van der Waals surface area (Å²) in [5.74, 6) is -9.91. The minimum absolute atomic E-state index is 0. The van der Waals surface area contributed by atoms with Gasteiger partial charge in [0.2, 0.25) is 11.7 Å². The smallest absolute Gasteiger partial charge is 0.255 e. The molecular weight excluding hydrogens is 498 g/mol. The number of aromatic nitrogens is 1. The molecular formula is C20H23Cl2FN4O7. The molecule has 1 heterocycles. The van der Waals surface area contributed by atoms with E-state index in [-0.39, 0.29) is 43.2 Å². The Kier molecular flexibility index (Phi) is 6.98. The largest absolute Gasteiger partial charge is 0.508 e. The van der Waals surface area contributed by atoms with E-state index in [1.165, 1.54) is 19.0 Å². The number of nitrogen functional groups attached to an aromatic ring is 1. The van der Waals surface area contributed by atoms with Crippen LogP contribution in [0.4, 0.5) is 10.2 Å². The number of pyridine rings is 1. The van der Waals surface area contributed by atoms with Crippen LogP contribution in [-0.2, 0) is 20.8 Å². The maximum atomic E-state index is 14.5. The van der Waals surface area contributed by atoms with Gasteiger partial charge in [-0.05, 0) is 32.9 Å². The fourth-order valence-corrected chi connectivity index (χ4v) is 5.17. The van der Waals surface area contributed by atoms with Crippen molar-refractivity contribution in [2.24, 2.45) is 17.6 Å². The van der Waals surface area contributed by atoms with Crippen molar-refractivity contribution in [2.75, 3.05) is 19.8 Å². The summed E-state index contributed by atoms with van der Waals surface area (Å²) in [7, 11) is 2.97. The van der Waals surface area contributed by atoms with Gasteiger partial charge in [0.15, 0.2) is 23.0 Å². The van der Waals surface area contributed by atoms with E-state index in [2.05, 4.69) is 4.98 Å². The molecule has 186 valence electrons. The number of likely N-dealkylation sites (N-methyl/N-ethyl adjacent to an activating group) is 1. The Morgan fingerprint density at radius 3 is 2.32 bits per heavy atom. The molecule has 1 saturated carbocycles. The number of Topliss-reactive ketones (excluding diaryl/α,β-unsaturated/α-hetero) is 2. The van der Waals surface area contributed by atoms with Crippen LogP contribution >= 0.6 is 24.8 Å². The molecule has 14 heteroatoms. The number of aromatic hydroxyl groups is 1. The van der Waals surface area contributed by atoms with E-state index in [9.17, 15) is 39.2 Å². The number of nitrogens with two attached hydrogens (primary N) is 2. The monoisotopic (exact) mass is 520 g/mol. The molecule has 1 amide bonds. The quantitative estimate of drug-likeness (QED) is 0.226. The number of aliphatic hydroxyl groups excluding tert-OH is 2. The second-order valence-electron chi connectivity index (χ2n) is 8.45. The van der Waals surface area contributed by atoms with E-state index < -0.39 is 86.7 Å². The van der Waals surface area contributed by atoms with Crippen molar-refractivity contribution >= 4 is 53.9 Å². The van der Waals surface area contributed by atoms with Crippen molar-refractivity contribution < 1.29 is 39.2 Å². The lowest BCUT2D eigenvalue weighted by atomic mass is 9.57. The SMILES string of the molecule is CN(C)[C@@H]1C(=O)C(C(N)=O)=C(O)[C@@]2(O)C(=O)C3=C(O)c4c(O)c(N)nc(F)c4C[C@H]3C[C@@H]12.Cl.Cl. The lowest BCUT2D eigenvalue weighted by molar-refractivity contribution is -0.153. The molecule has 4 atom stereocenters. The molecule has 1 fully saturated rings. The lowest BCUT2D eigenvalue weighted by Gasteiger charge is -2.50. The number of nitrogens with zero attached hydrogens (tertiary/aromatic N) is 2. The molecule has 1 aromatic rings. The average Bonchev–Trinajstić information content (AvgIpc) is 2.68. The second kappa shape index (κ2) is 8.69. The molecule has 0 unspecified atom stereocenters. The highest BCUT2D eigenvalue weighted by molar-refractivity contribution is 6.24. The van der Waals surface area contributed by atoms with Crippen molar-refractivity contribution in [3.05, 3.63) is 34.0 Å². The first-order chi connectivity index (χ1) is 14.8. The zero-order valence-electron chi connectivity index (χ0n) is 17.9. The van der Waals surface area contributed by atoms with Gasteiger partial charge in [-0.1, -0.05) is 0 Å². The number of aliphatic hydroxyl groups is 3. The van der Waals surface area contributed by atoms with E-state index >= 15 is 0 Å². The van der Waals surface area contributed by atoms with Gasteiger partial charge in [0, 0.05) is 17.1 Å². The topological polar surface area (TPSA) is 200 Å². The molecule has 0 bridgehead atoms. The Morgan fingerprint density at radius 2 is 1.79 bits per heavy atom. The van der Waals surface area contributed by atoms with E-state index in [1.807, 2.05) is 0 Å². The standard InChI is InChI=1S/C20H21FN4O7.2ClH/c1-25(2)11-7-4-5-3-6-9(14(28)18(22)24-17(6)21)12(26)8(5)15(29)20(7,32)16(30)10(13(11)27)19(23)31;;/h5,7,11,26,28,30,32H,3-4H2,1-2H3,(H2,22,24)(H2,23,31);2*1H/t5-,7-,11-,20-;;/m0../s1. The Morgan fingerprint density at radius 1 is 1.21 bits per heavy atom. The first-order valence-corrected chi connectivity index (χ1v) is 9.65. The third kappa shape index (κ3) is 3.32. The zero-order chi connectivity index (χ0) is 23.9. The molecule has 8 N–H and O–H groups in total. The lowest BCUT2D eigenvalue weighted by Crippen LogP contribution is -2.65. The first kappa shape index (κ1) is 27.3. The van der Waals surface area contributed by atoms with E-state index in [0.717, 1.165) is 0 Å². The highest BCUT2D eigenvalue weighted by Gasteiger charge is 2.64. The molecule has 0 spiro atoms.